The molecule has 1 heterocycles. The first-order chi connectivity index (χ1) is 9.58. The number of non-ortho nitro benzene ring substituents is 1. The molecule has 1 aromatic heterocycles. The molecule has 0 bridgehead atoms. The van der Waals surface area contributed by atoms with Crippen LogP contribution >= 0.6 is 22.6 Å². The number of hydrogen-bond donors (Lipinski definition) is 2. The molecule has 102 valence electrons. The lowest BCUT2D eigenvalue weighted by atomic mass is 10.2. The predicted molar refractivity (Wildman–Crippen MR) is 79.5 cm³/mol. The summed E-state index contributed by atoms with van der Waals surface area (Å²) < 4.78 is 0.686. The molecule has 0 fully saturated rings. The van der Waals surface area contributed by atoms with Crippen molar-refractivity contribution in [1.29, 1.82) is 0 Å². The molecule has 0 aliphatic carbocycles. The largest absolute Gasteiger partial charge is 0.290 e. The maximum atomic E-state index is 11.7. The Labute approximate surface area is 126 Å². The van der Waals surface area contributed by atoms with Gasteiger partial charge < -0.3 is 0 Å². The SMILES string of the molecule is O=C(N/N=C\c1ccc([N+](=O)[O-])cc1)c1[nH]ncc1I. The molecule has 0 unspecified atom stereocenters. The highest BCUT2D eigenvalue weighted by Gasteiger charge is 2.10. The van der Waals surface area contributed by atoms with Crippen LogP contribution in [0.5, 0.6) is 0 Å². The van der Waals surface area contributed by atoms with Gasteiger partial charge in [0.25, 0.3) is 11.6 Å². The van der Waals surface area contributed by atoms with Gasteiger partial charge in [-0.1, -0.05) is 0 Å². The third-order valence-electron chi connectivity index (χ3n) is 2.30. The van der Waals surface area contributed by atoms with Gasteiger partial charge in [-0.2, -0.15) is 10.2 Å². The van der Waals surface area contributed by atoms with Gasteiger partial charge in [0, 0.05) is 12.1 Å². The van der Waals surface area contributed by atoms with E-state index < -0.39 is 10.8 Å². The summed E-state index contributed by atoms with van der Waals surface area (Å²) in [5.41, 5.74) is 3.29. The number of aromatic nitrogens is 2. The van der Waals surface area contributed by atoms with Gasteiger partial charge in [0.15, 0.2) is 0 Å². The third kappa shape index (κ3) is 3.38. The van der Waals surface area contributed by atoms with Crippen molar-refractivity contribution in [2.45, 2.75) is 0 Å². The number of aromatic amines is 1. The van der Waals surface area contributed by atoms with Crippen molar-refractivity contribution < 1.29 is 9.72 Å². The van der Waals surface area contributed by atoms with E-state index in [0.717, 1.165) is 0 Å². The summed E-state index contributed by atoms with van der Waals surface area (Å²) in [5.74, 6) is -0.412. The van der Waals surface area contributed by atoms with Crippen molar-refractivity contribution in [3.8, 4) is 0 Å². The molecule has 1 amide bonds. The molecule has 0 atom stereocenters. The van der Waals surface area contributed by atoms with E-state index in [1.165, 1.54) is 36.7 Å². The monoisotopic (exact) mass is 385 g/mol. The Morgan fingerprint density at radius 1 is 1.45 bits per heavy atom. The number of amides is 1. The number of hydrazone groups is 1. The minimum Gasteiger partial charge on any atom is -0.272 e. The van der Waals surface area contributed by atoms with Crippen molar-refractivity contribution in [3.05, 3.63) is 55.4 Å². The molecule has 0 aliphatic rings. The minimum atomic E-state index is -0.483. The smallest absolute Gasteiger partial charge is 0.272 e. The highest BCUT2D eigenvalue weighted by Crippen LogP contribution is 2.10. The second-order valence-corrected chi connectivity index (χ2v) is 4.80. The van der Waals surface area contributed by atoms with E-state index in [-0.39, 0.29) is 5.69 Å². The van der Waals surface area contributed by atoms with Crippen LogP contribution in [0.25, 0.3) is 0 Å². The first-order valence-electron chi connectivity index (χ1n) is 5.34. The average Bonchev–Trinajstić information content (AvgIpc) is 2.85. The fourth-order valence-electron chi connectivity index (χ4n) is 1.33. The van der Waals surface area contributed by atoms with Gasteiger partial charge >= 0.3 is 0 Å². The normalized spacial score (nSPS) is 10.7. The molecule has 2 aromatic rings. The Morgan fingerprint density at radius 3 is 2.70 bits per heavy atom. The van der Waals surface area contributed by atoms with Crippen molar-refractivity contribution in [3.63, 3.8) is 0 Å². The Morgan fingerprint density at radius 2 is 2.15 bits per heavy atom. The Hall–Kier alpha value is -2.30. The third-order valence-corrected chi connectivity index (χ3v) is 3.12. The fourth-order valence-corrected chi connectivity index (χ4v) is 1.84. The van der Waals surface area contributed by atoms with E-state index in [1.54, 1.807) is 0 Å². The first kappa shape index (κ1) is 14.1. The molecule has 2 N–H and O–H groups in total. The molecule has 2 rings (SSSR count). The fraction of sp³-hybridized carbons (Fsp3) is 0. The van der Waals surface area contributed by atoms with Crippen LogP contribution in [0.3, 0.4) is 0 Å². The summed E-state index contributed by atoms with van der Waals surface area (Å²) >= 11 is 1.97. The standard InChI is InChI=1S/C11H8IN5O3/c12-9-6-14-15-10(9)11(18)16-13-5-7-1-3-8(4-2-7)17(19)20/h1-6H,(H,14,15)(H,16,18)/b13-5-. The Balaban J connectivity index is 1.98. The van der Waals surface area contributed by atoms with Crippen LogP contribution in [0.15, 0.2) is 35.6 Å². The predicted octanol–water partition coefficient (Wildman–Crippen LogP) is 1.69. The number of rotatable bonds is 4. The number of nitro benzene ring substituents is 1. The molecule has 9 heteroatoms. The van der Waals surface area contributed by atoms with Crippen LogP contribution in [0, 0.1) is 13.7 Å². The molecular formula is C11H8IN5O3. The maximum absolute atomic E-state index is 11.7. The van der Waals surface area contributed by atoms with Crippen molar-refractivity contribution >= 4 is 40.4 Å². The Kier molecular flexibility index (Phi) is 4.40. The van der Waals surface area contributed by atoms with E-state index in [1.807, 2.05) is 22.6 Å². The average molecular weight is 385 g/mol. The first-order valence-corrected chi connectivity index (χ1v) is 6.42. The highest BCUT2D eigenvalue weighted by molar-refractivity contribution is 14.1. The number of carbonyl (C=O) groups excluding carboxylic acids is 1. The van der Waals surface area contributed by atoms with Crippen LogP contribution in [-0.4, -0.2) is 27.2 Å². The zero-order valence-corrected chi connectivity index (χ0v) is 12.1. The number of H-pyrrole nitrogens is 1. The second-order valence-electron chi connectivity index (χ2n) is 3.64. The number of nitrogens with zero attached hydrogens (tertiary/aromatic N) is 3. The molecular weight excluding hydrogens is 377 g/mol. The summed E-state index contributed by atoms with van der Waals surface area (Å²) in [5, 5.41) is 20.5. The number of hydrogen-bond acceptors (Lipinski definition) is 5. The lowest BCUT2D eigenvalue weighted by Crippen LogP contribution is -2.19. The maximum Gasteiger partial charge on any atom is 0.290 e. The van der Waals surface area contributed by atoms with Crippen molar-refractivity contribution in [1.82, 2.24) is 15.6 Å². The summed E-state index contributed by atoms with van der Waals surface area (Å²) in [7, 11) is 0. The van der Waals surface area contributed by atoms with Crippen LogP contribution in [0.2, 0.25) is 0 Å². The minimum absolute atomic E-state index is 0.00167. The lowest BCUT2D eigenvalue weighted by molar-refractivity contribution is -0.384. The lowest BCUT2D eigenvalue weighted by Gasteiger charge is -1.97. The van der Waals surface area contributed by atoms with Crippen molar-refractivity contribution in [2.75, 3.05) is 0 Å². The summed E-state index contributed by atoms with van der Waals surface area (Å²) in [6, 6.07) is 5.80. The van der Waals surface area contributed by atoms with E-state index >= 15 is 0 Å². The van der Waals surface area contributed by atoms with Crippen LogP contribution in [0.4, 0.5) is 5.69 Å². The van der Waals surface area contributed by atoms with Gasteiger partial charge in [0.05, 0.1) is 20.9 Å². The topological polar surface area (TPSA) is 113 Å². The van der Waals surface area contributed by atoms with Crippen LogP contribution in [0.1, 0.15) is 16.1 Å². The Bertz CT molecular complexity index is 665. The molecule has 0 saturated carbocycles. The van der Waals surface area contributed by atoms with E-state index in [2.05, 4.69) is 20.7 Å². The molecule has 8 nitrogen and oxygen atoms in total. The van der Waals surface area contributed by atoms with Gasteiger partial charge in [-0.25, -0.2) is 5.43 Å². The van der Waals surface area contributed by atoms with Crippen molar-refractivity contribution in [2.24, 2.45) is 5.10 Å². The molecule has 0 aliphatic heterocycles. The molecule has 0 saturated heterocycles. The number of nitrogens with one attached hydrogen (secondary N) is 2. The molecule has 1 aromatic carbocycles. The molecule has 20 heavy (non-hydrogen) atoms. The summed E-state index contributed by atoms with van der Waals surface area (Å²) in [6.45, 7) is 0. The number of halogens is 1. The van der Waals surface area contributed by atoms with E-state index in [4.69, 9.17) is 0 Å². The van der Waals surface area contributed by atoms with Gasteiger partial charge in [-0.3, -0.25) is 20.0 Å². The quantitative estimate of drug-likeness (QED) is 0.361. The van der Waals surface area contributed by atoms with Gasteiger partial charge in [-0.15, -0.1) is 0 Å². The van der Waals surface area contributed by atoms with Gasteiger partial charge in [-0.05, 0) is 40.3 Å². The highest BCUT2D eigenvalue weighted by atomic mass is 127. The van der Waals surface area contributed by atoms with E-state index in [9.17, 15) is 14.9 Å². The number of carbonyl (C=O) groups is 1. The number of benzene rings is 1. The summed E-state index contributed by atoms with van der Waals surface area (Å²) in [4.78, 5) is 21.7. The zero-order valence-electron chi connectivity index (χ0n) is 9.91. The molecule has 0 spiro atoms. The number of nitro groups is 1. The van der Waals surface area contributed by atoms with Gasteiger partial charge in [0.2, 0.25) is 0 Å². The van der Waals surface area contributed by atoms with Crippen LogP contribution < -0.4 is 5.43 Å². The van der Waals surface area contributed by atoms with Gasteiger partial charge in [0.1, 0.15) is 5.69 Å². The zero-order chi connectivity index (χ0) is 14.5. The second kappa shape index (κ2) is 6.23. The molecule has 0 radical (unpaired) electrons. The van der Waals surface area contributed by atoms with E-state index in [0.29, 0.717) is 14.8 Å². The summed E-state index contributed by atoms with van der Waals surface area (Å²) in [6.07, 6.45) is 2.92. The van der Waals surface area contributed by atoms with Crippen LogP contribution in [-0.2, 0) is 0 Å².